The molecule has 0 saturated heterocycles. The first-order valence-corrected chi connectivity index (χ1v) is 12.0. The zero-order valence-electron chi connectivity index (χ0n) is 13.7. The maximum atomic E-state index is 2.64. The fourth-order valence-corrected chi connectivity index (χ4v) is 9.00. The second kappa shape index (κ2) is 5.12. The van der Waals surface area contributed by atoms with E-state index in [0.29, 0.717) is 0 Å². The smallest absolute Gasteiger partial charge is 0.0809 e. The molecular formula is C20H28Si. The first-order valence-electron chi connectivity index (χ1n) is 8.97. The lowest BCUT2D eigenvalue weighted by Gasteiger charge is -2.38. The Bertz CT molecular complexity index is 583. The van der Waals surface area contributed by atoms with Crippen LogP contribution in [0, 0.1) is 0 Å². The number of hydrogen-bond donors (Lipinski definition) is 0. The largest absolute Gasteiger partial charge is 0.0829 e. The molecule has 0 saturated carbocycles. The average molecular weight is 297 g/mol. The Balaban J connectivity index is 1.67. The van der Waals surface area contributed by atoms with E-state index in [9.17, 15) is 0 Å². The Kier molecular flexibility index (Phi) is 3.37. The lowest BCUT2D eigenvalue weighted by molar-refractivity contribution is 0.655. The molecule has 0 nitrogen and oxygen atoms in total. The van der Waals surface area contributed by atoms with Gasteiger partial charge in [-0.3, -0.25) is 0 Å². The van der Waals surface area contributed by atoms with Crippen molar-refractivity contribution in [1.29, 1.82) is 0 Å². The van der Waals surface area contributed by atoms with Crippen molar-refractivity contribution in [2.75, 3.05) is 0 Å². The molecule has 112 valence electrons. The van der Waals surface area contributed by atoms with Crippen molar-refractivity contribution >= 4 is 8.07 Å². The predicted molar refractivity (Wildman–Crippen MR) is 94.1 cm³/mol. The standard InChI is InChI=1S/C20H28Si/c1-21(2,16-9-4-5-10-16)20-13-7-12-18-17-11-6-3-8-15(17)14-19(18)20/h4-5,9,20H,3,6-8,10-14H2,1-2H3. The van der Waals surface area contributed by atoms with Gasteiger partial charge in [0.2, 0.25) is 0 Å². The van der Waals surface area contributed by atoms with Gasteiger partial charge in [0, 0.05) is 0 Å². The van der Waals surface area contributed by atoms with E-state index in [4.69, 9.17) is 0 Å². The fourth-order valence-electron chi connectivity index (χ4n) is 5.31. The highest BCUT2D eigenvalue weighted by molar-refractivity contribution is 6.86. The van der Waals surface area contributed by atoms with Gasteiger partial charge < -0.3 is 0 Å². The fraction of sp³-hybridized carbons (Fsp3) is 0.600. The van der Waals surface area contributed by atoms with Gasteiger partial charge in [-0.05, 0) is 74.5 Å². The molecule has 0 N–H and O–H groups in total. The van der Waals surface area contributed by atoms with Gasteiger partial charge >= 0.3 is 0 Å². The Morgan fingerprint density at radius 2 is 1.81 bits per heavy atom. The first-order chi connectivity index (χ1) is 10.2. The van der Waals surface area contributed by atoms with E-state index in [-0.39, 0.29) is 0 Å². The molecule has 0 aromatic rings. The van der Waals surface area contributed by atoms with Crippen LogP contribution >= 0.6 is 0 Å². The second-order valence-corrected chi connectivity index (χ2v) is 12.7. The lowest BCUT2D eigenvalue weighted by Crippen LogP contribution is -2.37. The van der Waals surface area contributed by atoms with E-state index >= 15 is 0 Å². The van der Waals surface area contributed by atoms with E-state index in [0.717, 1.165) is 5.54 Å². The van der Waals surface area contributed by atoms with Crippen LogP contribution in [-0.4, -0.2) is 8.07 Å². The number of allylic oxidation sites excluding steroid dienone is 8. The van der Waals surface area contributed by atoms with Crippen LogP contribution in [0.1, 0.15) is 57.8 Å². The van der Waals surface area contributed by atoms with Gasteiger partial charge in [0.15, 0.2) is 0 Å². The molecule has 0 aromatic heterocycles. The zero-order valence-corrected chi connectivity index (χ0v) is 14.7. The maximum absolute atomic E-state index is 2.64. The van der Waals surface area contributed by atoms with Crippen LogP contribution in [0.2, 0.25) is 18.6 Å². The quantitative estimate of drug-likeness (QED) is 0.529. The van der Waals surface area contributed by atoms with Crippen molar-refractivity contribution in [2.24, 2.45) is 0 Å². The summed E-state index contributed by atoms with van der Waals surface area (Å²) in [7, 11) is -1.31. The molecule has 0 radical (unpaired) electrons. The van der Waals surface area contributed by atoms with E-state index in [2.05, 4.69) is 31.3 Å². The van der Waals surface area contributed by atoms with Crippen molar-refractivity contribution in [3.63, 3.8) is 0 Å². The van der Waals surface area contributed by atoms with E-state index < -0.39 is 8.07 Å². The molecule has 1 unspecified atom stereocenters. The predicted octanol–water partition coefficient (Wildman–Crippen LogP) is 6.25. The molecular weight excluding hydrogens is 268 g/mol. The Hall–Kier alpha value is -0.823. The number of hydrogen-bond acceptors (Lipinski definition) is 0. The van der Waals surface area contributed by atoms with Crippen LogP contribution in [0.25, 0.3) is 0 Å². The lowest BCUT2D eigenvalue weighted by atomic mass is 9.87. The van der Waals surface area contributed by atoms with Gasteiger partial charge in [-0.15, -0.1) is 0 Å². The summed E-state index contributed by atoms with van der Waals surface area (Å²) in [5.41, 5.74) is 8.38. The van der Waals surface area contributed by atoms with Crippen LogP contribution in [-0.2, 0) is 0 Å². The maximum Gasteiger partial charge on any atom is 0.0829 e. The normalized spacial score (nSPS) is 28.9. The van der Waals surface area contributed by atoms with Crippen molar-refractivity contribution in [1.82, 2.24) is 0 Å². The Morgan fingerprint density at radius 1 is 1.00 bits per heavy atom. The molecule has 0 amide bonds. The highest BCUT2D eigenvalue weighted by Gasteiger charge is 2.42. The third-order valence-electron chi connectivity index (χ3n) is 6.55. The Morgan fingerprint density at radius 3 is 2.62 bits per heavy atom. The third kappa shape index (κ3) is 2.16. The number of fused-ring (bicyclic) bond motifs is 1. The van der Waals surface area contributed by atoms with E-state index in [1.54, 1.807) is 5.20 Å². The van der Waals surface area contributed by atoms with Crippen LogP contribution in [0.4, 0.5) is 0 Å². The second-order valence-electron chi connectivity index (χ2n) is 7.96. The number of rotatable bonds is 2. The molecule has 0 fully saturated rings. The van der Waals surface area contributed by atoms with Crippen LogP contribution in [0.5, 0.6) is 0 Å². The van der Waals surface area contributed by atoms with Crippen molar-refractivity contribution in [2.45, 2.75) is 76.4 Å². The van der Waals surface area contributed by atoms with Gasteiger partial charge in [0.25, 0.3) is 0 Å². The molecule has 0 bridgehead atoms. The molecule has 0 spiro atoms. The summed E-state index contributed by atoms with van der Waals surface area (Å²) in [6.45, 7) is 5.29. The molecule has 1 atom stereocenters. The topological polar surface area (TPSA) is 0 Å². The molecule has 4 rings (SSSR count). The highest BCUT2D eigenvalue weighted by atomic mass is 28.3. The van der Waals surface area contributed by atoms with Crippen LogP contribution in [0.15, 0.2) is 45.7 Å². The summed E-state index contributed by atoms with van der Waals surface area (Å²) < 4.78 is 0. The molecule has 1 heteroatoms. The van der Waals surface area contributed by atoms with Gasteiger partial charge in [-0.25, -0.2) is 0 Å². The van der Waals surface area contributed by atoms with E-state index in [1.807, 2.05) is 22.3 Å². The summed E-state index contributed by atoms with van der Waals surface area (Å²) in [6.07, 6.45) is 19.7. The van der Waals surface area contributed by atoms with Gasteiger partial charge in [0.1, 0.15) is 0 Å². The third-order valence-corrected chi connectivity index (χ3v) is 11.0. The minimum atomic E-state index is -1.31. The molecule has 0 heterocycles. The minimum absolute atomic E-state index is 0.929. The summed E-state index contributed by atoms with van der Waals surface area (Å²) >= 11 is 0. The van der Waals surface area contributed by atoms with Crippen molar-refractivity contribution in [3.8, 4) is 0 Å². The molecule has 4 aliphatic carbocycles. The van der Waals surface area contributed by atoms with Crippen molar-refractivity contribution in [3.05, 3.63) is 45.7 Å². The monoisotopic (exact) mass is 296 g/mol. The van der Waals surface area contributed by atoms with Gasteiger partial charge in [-0.2, -0.15) is 0 Å². The van der Waals surface area contributed by atoms with Crippen LogP contribution in [0.3, 0.4) is 0 Å². The van der Waals surface area contributed by atoms with Gasteiger partial charge in [-0.1, -0.05) is 47.7 Å². The van der Waals surface area contributed by atoms with Crippen LogP contribution < -0.4 is 0 Å². The molecule has 0 aromatic carbocycles. The average Bonchev–Trinajstić information content (AvgIpc) is 3.14. The summed E-state index contributed by atoms with van der Waals surface area (Å²) in [4.78, 5) is 0. The summed E-state index contributed by atoms with van der Waals surface area (Å²) in [6, 6.07) is 0. The van der Waals surface area contributed by atoms with Gasteiger partial charge in [0.05, 0.1) is 8.07 Å². The SMILES string of the molecule is C[Si](C)(C1=CC=CC1)C1CCCC2=C1CC1=C2CCCC1. The molecule has 4 aliphatic rings. The zero-order chi connectivity index (χ0) is 14.4. The summed E-state index contributed by atoms with van der Waals surface area (Å²) in [5, 5.41) is 1.80. The van der Waals surface area contributed by atoms with E-state index in [1.165, 1.54) is 57.8 Å². The minimum Gasteiger partial charge on any atom is -0.0809 e. The first kappa shape index (κ1) is 13.8. The highest BCUT2D eigenvalue weighted by Crippen LogP contribution is 2.54. The molecule has 21 heavy (non-hydrogen) atoms. The molecule has 0 aliphatic heterocycles. The Labute approximate surface area is 130 Å². The summed E-state index contributed by atoms with van der Waals surface area (Å²) in [5.74, 6) is 0. The van der Waals surface area contributed by atoms with Crippen molar-refractivity contribution < 1.29 is 0 Å².